The van der Waals surface area contributed by atoms with Gasteiger partial charge in [0.2, 0.25) is 0 Å². The van der Waals surface area contributed by atoms with Crippen molar-refractivity contribution in [3.05, 3.63) is 59.9 Å². The number of ether oxygens (including phenoxy) is 1. The normalized spacial score (nSPS) is 15.7. The summed E-state index contributed by atoms with van der Waals surface area (Å²) in [5, 5.41) is 0. The number of halogens is 1. The van der Waals surface area contributed by atoms with Gasteiger partial charge in [0.15, 0.2) is 6.10 Å². The number of amides is 1. The molecule has 1 heterocycles. The molecule has 3 rings (SSSR count). The molecule has 138 valence electrons. The van der Waals surface area contributed by atoms with Gasteiger partial charge in [-0.25, -0.2) is 4.39 Å². The lowest BCUT2D eigenvalue weighted by atomic mass is 10.2. The van der Waals surface area contributed by atoms with E-state index >= 15 is 0 Å². The minimum Gasteiger partial charge on any atom is -0.481 e. The summed E-state index contributed by atoms with van der Waals surface area (Å²) in [6, 6.07) is 14.5. The van der Waals surface area contributed by atoms with Crippen molar-refractivity contribution < 1.29 is 13.9 Å². The second kappa shape index (κ2) is 8.21. The SMILES string of the molecule is CC[C@@H](Oc1cccc(C)c1)C(=O)N1CCN(c2ccccc2F)CC1. The van der Waals surface area contributed by atoms with Gasteiger partial charge in [-0.05, 0) is 43.2 Å². The van der Waals surface area contributed by atoms with Crippen molar-refractivity contribution in [1.29, 1.82) is 0 Å². The van der Waals surface area contributed by atoms with Crippen LogP contribution in [0.3, 0.4) is 0 Å². The van der Waals surface area contributed by atoms with Gasteiger partial charge in [0.1, 0.15) is 11.6 Å². The molecule has 1 aliphatic rings. The molecule has 0 aromatic heterocycles. The zero-order valence-electron chi connectivity index (χ0n) is 15.3. The standard InChI is InChI=1S/C21H25FN2O2/c1-3-20(26-17-8-6-7-16(2)15-17)21(25)24-13-11-23(12-14-24)19-10-5-4-9-18(19)22/h4-10,15,20H,3,11-14H2,1-2H3/t20-/m1/s1. The number of rotatable bonds is 5. The molecule has 0 bridgehead atoms. The summed E-state index contributed by atoms with van der Waals surface area (Å²) < 4.78 is 19.9. The highest BCUT2D eigenvalue weighted by molar-refractivity contribution is 5.81. The molecular weight excluding hydrogens is 331 g/mol. The number of nitrogens with zero attached hydrogens (tertiary/aromatic N) is 2. The Morgan fingerprint density at radius 1 is 1.12 bits per heavy atom. The Bertz CT molecular complexity index is 757. The molecule has 0 aliphatic carbocycles. The highest BCUT2D eigenvalue weighted by Gasteiger charge is 2.28. The third-order valence-corrected chi connectivity index (χ3v) is 4.70. The summed E-state index contributed by atoms with van der Waals surface area (Å²) in [5.41, 5.74) is 1.70. The van der Waals surface area contributed by atoms with Crippen molar-refractivity contribution in [1.82, 2.24) is 4.90 Å². The smallest absolute Gasteiger partial charge is 0.263 e. The van der Waals surface area contributed by atoms with Crippen LogP contribution in [0.1, 0.15) is 18.9 Å². The first-order valence-corrected chi connectivity index (χ1v) is 9.10. The van der Waals surface area contributed by atoms with Crippen LogP contribution in [0.15, 0.2) is 48.5 Å². The van der Waals surface area contributed by atoms with Crippen LogP contribution in [0, 0.1) is 12.7 Å². The third-order valence-electron chi connectivity index (χ3n) is 4.70. The van der Waals surface area contributed by atoms with Gasteiger partial charge in [0.25, 0.3) is 5.91 Å². The first-order valence-electron chi connectivity index (χ1n) is 9.10. The molecule has 2 aromatic rings. The fourth-order valence-electron chi connectivity index (χ4n) is 3.24. The quantitative estimate of drug-likeness (QED) is 0.820. The highest BCUT2D eigenvalue weighted by atomic mass is 19.1. The van der Waals surface area contributed by atoms with Crippen molar-refractivity contribution in [3.8, 4) is 5.75 Å². The summed E-state index contributed by atoms with van der Waals surface area (Å²) in [4.78, 5) is 16.6. The molecule has 1 saturated heterocycles. The number of piperazine rings is 1. The number of carbonyl (C=O) groups is 1. The van der Waals surface area contributed by atoms with Crippen LogP contribution in [0.4, 0.5) is 10.1 Å². The lowest BCUT2D eigenvalue weighted by Crippen LogP contribution is -2.52. The summed E-state index contributed by atoms with van der Waals surface area (Å²) in [7, 11) is 0. The first kappa shape index (κ1) is 18.2. The van der Waals surface area contributed by atoms with Crippen LogP contribution in [0.2, 0.25) is 0 Å². The molecule has 1 amide bonds. The molecule has 1 aliphatic heterocycles. The lowest BCUT2D eigenvalue weighted by Gasteiger charge is -2.37. The summed E-state index contributed by atoms with van der Waals surface area (Å²) >= 11 is 0. The largest absolute Gasteiger partial charge is 0.481 e. The van der Waals surface area contributed by atoms with Gasteiger partial charge in [0.05, 0.1) is 5.69 Å². The van der Waals surface area contributed by atoms with E-state index in [9.17, 15) is 9.18 Å². The van der Waals surface area contributed by atoms with E-state index in [4.69, 9.17) is 4.74 Å². The zero-order valence-corrected chi connectivity index (χ0v) is 15.3. The fraction of sp³-hybridized carbons (Fsp3) is 0.381. The number of hydrogen-bond donors (Lipinski definition) is 0. The monoisotopic (exact) mass is 356 g/mol. The average molecular weight is 356 g/mol. The van der Waals surface area contributed by atoms with Crippen molar-refractivity contribution in [3.63, 3.8) is 0 Å². The van der Waals surface area contributed by atoms with Gasteiger partial charge in [-0.2, -0.15) is 0 Å². The molecule has 1 atom stereocenters. The molecule has 2 aromatic carbocycles. The molecule has 0 radical (unpaired) electrons. The van der Waals surface area contributed by atoms with Crippen molar-refractivity contribution in [2.24, 2.45) is 0 Å². The Kier molecular flexibility index (Phi) is 5.76. The minimum absolute atomic E-state index is 0.00203. The first-order chi connectivity index (χ1) is 12.6. The Morgan fingerprint density at radius 2 is 1.85 bits per heavy atom. The van der Waals surface area contributed by atoms with E-state index in [-0.39, 0.29) is 11.7 Å². The minimum atomic E-state index is -0.489. The number of anilines is 1. The van der Waals surface area contributed by atoms with Gasteiger partial charge in [0, 0.05) is 26.2 Å². The number of hydrogen-bond acceptors (Lipinski definition) is 3. The van der Waals surface area contributed by atoms with Gasteiger partial charge < -0.3 is 14.5 Å². The average Bonchev–Trinajstić information content (AvgIpc) is 2.66. The Labute approximate surface area is 154 Å². The molecule has 0 N–H and O–H groups in total. The van der Waals surface area contributed by atoms with E-state index < -0.39 is 6.10 Å². The van der Waals surface area contributed by atoms with Gasteiger partial charge >= 0.3 is 0 Å². The topological polar surface area (TPSA) is 32.8 Å². The summed E-state index contributed by atoms with van der Waals surface area (Å²) in [6.45, 7) is 6.33. The van der Waals surface area contributed by atoms with Crippen molar-refractivity contribution >= 4 is 11.6 Å². The van der Waals surface area contributed by atoms with Crippen LogP contribution in [-0.4, -0.2) is 43.1 Å². The zero-order chi connectivity index (χ0) is 18.5. The number of aryl methyl sites for hydroxylation is 1. The molecule has 0 spiro atoms. The molecule has 1 fully saturated rings. The van der Waals surface area contributed by atoms with Crippen LogP contribution >= 0.6 is 0 Å². The Balaban J connectivity index is 1.60. The van der Waals surface area contributed by atoms with E-state index in [0.717, 1.165) is 11.3 Å². The highest BCUT2D eigenvalue weighted by Crippen LogP contribution is 2.21. The second-order valence-corrected chi connectivity index (χ2v) is 6.59. The maximum atomic E-state index is 13.9. The van der Waals surface area contributed by atoms with Crippen LogP contribution in [0.5, 0.6) is 5.75 Å². The van der Waals surface area contributed by atoms with E-state index in [0.29, 0.717) is 38.3 Å². The number of para-hydroxylation sites is 1. The maximum Gasteiger partial charge on any atom is 0.263 e. The Hall–Kier alpha value is -2.56. The maximum absolute atomic E-state index is 13.9. The van der Waals surface area contributed by atoms with E-state index in [2.05, 4.69) is 0 Å². The second-order valence-electron chi connectivity index (χ2n) is 6.59. The number of carbonyl (C=O) groups excluding carboxylic acids is 1. The molecule has 0 unspecified atom stereocenters. The van der Waals surface area contributed by atoms with Gasteiger partial charge in [-0.1, -0.05) is 31.2 Å². The van der Waals surface area contributed by atoms with Crippen molar-refractivity contribution in [2.45, 2.75) is 26.4 Å². The third kappa shape index (κ3) is 4.15. The van der Waals surface area contributed by atoms with Gasteiger partial charge in [-0.15, -0.1) is 0 Å². The van der Waals surface area contributed by atoms with Crippen molar-refractivity contribution in [2.75, 3.05) is 31.1 Å². The van der Waals surface area contributed by atoms with Crippen LogP contribution < -0.4 is 9.64 Å². The summed E-state index contributed by atoms with van der Waals surface area (Å²) in [5.74, 6) is 0.499. The molecule has 4 nitrogen and oxygen atoms in total. The molecule has 0 saturated carbocycles. The van der Waals surface area contributed by atoms with Crippen LogP contribution in [-0.2, 0) is 4.79 Å². The van der Waals surface area contributed by atoms with Gasteiger partial charge in [-0.3, -0.25) is 4.79 Å². The molecule has 26 heavy (non-hydrogen) atoms. The molecule has 5 heteroatoms. The van der Waals surface area contributed by atoms with E-state index in [1.54, 1.807) is 12.1 Å². The molecular formula is C21H25FN2O2. The summed E-state index contributed by atoms with van der Waals surface area (Å²) in [6.07, 6.45) is 0.122. The lowest BCUT2D eigenvalue weighted by molar-refractivity contribution is -0.139. The number of benzene rings is 2. The predicted octanol–water partition coefficient (Wildman–Crippen LogP) is 3.64. The fourth-order valence-corrected chi connectivity index (χ4v) is 3.24. The van der Waals surface area contributed by atoms with Crippen LogP contribution in [0.25, 0.3) is 0 Å². The van der Waals surface area contributed by atoms with E-state index in [1.807, 2.05) is 54.0 Å². The van der Waals surface area contributed by atoms with E-state index in [1.165, 1.54) is 6.07 Å². The predicted molar refractivity (Wildman–Crippen MR) is 101 cm³/mol. The Morgan fingerprint density at radius 3 is 2.50 bits per heavy atom.